The molecule has 0 bridgehead atoms. The van der Waals surface area contributed by atoms with Crippen molar-refractivity contribution in [2.24, 2.45) is 5.73 Å². The van der Waals surface area contributed by atoms with E-state index in [-0.39, 0.29) is 52.9 Å². The van der Waals surface area contributed by atoms with Crippen LogP contribution in [0, 0.1) is 0 Å². The molecular formula is C18H22BN3O6. The molecule has 9 nitrogen and oxygen atoms in total. The third-order valence-electron chi connectivity index (χ3n) is 6.35. The number of likely N-dealkylation sites (tertiary alicyclic amines) is 1. The van der Waals surface area contributed by atoms with Crippen LogP contribution >= 0.6 is 0 Å². The minimum Gasteiger partial charge on any atom is -0.535 e. The number of hydrogen-bond acceptors (Lipinski definition) is 7. The van der Waals surface area contributed by atoms with E-state index in [1.54, 1.807) is 6.07 Å². The monoisotopic (exact) mass is 387 g/mol. The zero-order valence-corrected chi connectivity index (χ0v) is 15.2. The molecule has 4 atom stereocenters. The Labute approximate surface area is 161 Å². The van der Waals surface area contributed by atoms with Crippen molar-refractivity contribution in [2.75, 3.05) is 19.6 Å². The molecule has 5 rings (SSSR count). The van der Waals surface area contributed by atoms with Crippen LogP contribution < -0.4 is 20.4 Å². The number of nitrogens with one attached hydrogen (secondary N) is 1. The van der Waals surface area contributed by atoms with Crippen molar-refractivity contribution in [1.29, 1.82) is 0 Å². The first-order valence-electron chi connectivity index (χ1n) is 9.60. The van der Waals surface area contributed by atoms with Crippen LogP contribution in [0.1, 0.15) is 34.7 Å². The molecule has 0 radical (unpaired) electrons. The highest BCUT2D eigenvalue weighted by Gasteiger charge is 2.54. The van der Waals surface area contributed by atoms with Gasteiger partial charge in [-0.1, -0.05) is 6.07 Å². The highest BCUT2D eigenvalue weighted by atomic mass is 16.5. The number of nitrogens with zero attached hydrogens (tertiary/aromatic N) is 1. The molecular weight excluding hydrogens is 365 g/mol. The summed E-state index contributed by atoms with van der Waals surface area (Å²) in [6.07, 6.45) is 1.36. The van der Waals surface area contributed by atoms with Crippen molar-refractivity contribution < 1.29 is 29.1 Å². The summed E-state index contributed by atoms with van der Waals surface area (Å²) in [6.45, 7) is 2.01. The summed E-state index contributed by atoms with van der Waals surface area (Å²) in [4.78, 5) is 25.4. The second-order valence-electron chi connectivity index (χ2n) is 8.12. The molecule has 1 amide bonds. The Morgan fingerprint density at radius 2 is 2.11 bits per heavy atom. The summed E-state index contributed by atoms with van der Waals surface area (Å²) < 4.78 is 11.5. The number of amides is 1. The number of carbonyl (C=O) groups is 2. The SMILES string of the molecule is NC(=O)[C@@H]1C[C@@H](N2CC(Oc3ccc4c(c3C(=O)O)OB(O)[C@H]3C[C@@H]43)C2)CN1. The lowest BCUT2D eigenvalue weighted by Gasteiger charge is -2.42. The number of rotatable bonds is 5. The maximum absolute atomic E-state index is 11.9. The Morgan fingerprint density at radius 1 is 1.32 bits per heavy atom. The summed E-state index contributed by atoms with van der Waals surface area (Å²) in [7, 11) is -0.960. The van der Waals surface area contributed by atoms with Gasteiger partial charge in [0.25, 0.3) is 0 Å². The molecule has 0 spiro atoms. The quantitative estimate of drug-likeness (QED) is 0.492. The maximum atomic E-state index is 11.9. The van der Waals surface area contributed by atoms with E-state index in [9.17, 15) is 19.7 Å². The van der Waals surface area contributed by atoms with E-state index in [4.69, 9.17) is 15.1 Å². The fourth-order valence-electron chi connectivity index (χ4n) is 4.63. The summed E-state index contributed by atoms with van der Waals surface area (Å²) in [6, 6.07) is 3.48. The van der Waals surface area contributed by atoms with Gasteiger partial charge in [0.05, 0.1) is 6.04 Å². The van der Waals surface area contributed by atoms with Crippen LogP contribution in [0.4, 0.5) is 0 Å². The van der Waals surface area contributed by atoms with Crippen molar-refractivity contribution in [3.63, 3.8) is 0 Å². The number of carboxylic acid groups (broad SMARTS) is 1. The van der Waals surface area contributed by atoms with Gasteiger partial charge in [-0.2, -0.15) is 0 Å². The molecule has 5 N–H and O–H groups in total. The van der Waals surface area contributed by atoms with Gasteiger partial charge in [-0.15, -0.1) is 0 Å². The zero-order valence-electron chi connectivity index (χ0n) is 15.2. The van der Waals surface area contributed by atoms with E-state index >= 15 is 0 Å². The second-order valence-corrected chi connectivity index (χ2v) is 8.12. The predicted octanol–water partition coefficient (Wildman–Crippen LogP) is -0.606. The standard InChI is InChI=1S/C18H22BN3O6/c20-17(23)13-3-8(5-21-13)22-6-9(7-22)27-14-2-1-10-11-4-12(11)19(26)28-16(10)15(14)18(24)25/h1-2,8-9,11-13,21,26H,3-7H2,(H2,20,23)(H,24,25)/t8-,11+,12+,13+/m1/s1. The van der Waals surface area contributed by atoms with Gasteiger partial charge in [0.2, 0.25) is 5.91 Å². The molecule has 3 fully saturated rings. The van der Waals surface area contributed by atoms with Gasteiger partial charge in [-0.3, -0.25) is 9.69 Å². The number of primary amides is 1. The summed E-state index contributed by atoms with van der Waals surface area (Å²) in [5.41, 5.74) is 6.16. The molecule has 1 aromatic carbocycles. The minimum atomic E-state index is -1.13. The number of carboxylic acids is 1. The minimum absolute atomic E-state index is 0.0170. The van der Waals surface area contributed by atoms with Crippen LogP contribution in [-0.2, 0) is 4.79 Å². The first-order valence-corrected chi connectivity index (χ1v) is 9.60. The van der Waals surface area contributed by atoms with Crippen LogP contribution in [-0.4, -0.2) is 71.8 Å². The molecule has 2 saturated heterocycles. The lowest BCUT2D eigenvalue weighted by atomic mass is 9.77. The maximum Gasteiger partial charge on any atom is 0.526 e. The van der Waals surface area contributed by atoms with Crippen LogP contribution in [0.5, 0.6) is 11.5 Å². The fourth-order valence-corrected chi connectivity index (χ4v) is 4.63. The fraction of sp³-hybridized carbons (Fsp3) is 0.556. The Hall–Kier alpha value is -2.30. The molecule has 1 aromatic rings. The van der Waals surface area contributed by atoms with Gasteiger partial charge in [0.15, 0.2) is 0 Å². The van der Waals surface area contributed by atoms with Crippen LogP contribution in [0.3, 0.4) is 0 Å². The van der Waals surface area contributed by atoms with Gasteiger partial charge in [-0.25, -0.2) is 4.79 Å². The van der Waals surface area contributed by atoms with E-state index in [0.717, 1.165) is 12.0 Å². The van der Waals surface area contributed by atoms with Gasteiger partial charge in [-0.05, 0) is 30.4 Å². The molecule has 10 heteroatoms. The number of ether oxygens (including phenoxy) is 1. The smallest absolute Gasteiger partial charge is 0.526 e. The van der Waals surface area contributed by atoms with Crippen LogP contribution in [0.25, 0.3) is 0 Å². The Kier molecular flexibility index (Phi) is 4.04. The molecule has 0 aromatic heterocycles. The summed E-state index contributed by atoms with van der Waals surface area (Å²) >= 11 is 0. The van der Waals surface area contributed by atoms with Gasteiger partial charge in [0, 0.05) is 31.5 Å². The van der Waals surface area contributed by atoms with E-state index in [0.29, 0.717) is 26.1 Å². The average Bonchev–Trinajstić information content (AvgIpc) is 3.27. The summed E-state index contributed by atoms with van der Waals surface area (Å²) in [5.74, 6) is -0.739. The molecule has 3 heterocycles. The summed E-state index contributed by atoms with van der Waals surface area (Å²) in [5, 5.41) is 22.8. The number of fused-ring (bicyclic) bond motifs is 3. The first-order chi connectivity index (χ1) is 13.4. The van der Waals surface area contributed by atoms with E-state index in [1.165, 1.54) is 0 Å². The Morgan fingerprint density at radius 3 is 2.79 bits per heavy atom. The van der Waals surface area contributed by atoms with E-state index in [2.05, 4.69) is 10.2 Å². The normalized spacial score (nSPS) is 31.4. The third-order valence-corrected chi connectivity index (χ3v) is 6.35. The molecule has 1 aliphatic carbocycles. The number of nitrogens with two attached hydrogens (primary N) is 1. The van der Waals surface area contributed by atoms with Crippen molar-refractivity contribution in [3.8, 4) is 11.5 Å². The van der Waals surface area contributed by atoms with Crippen LogP contribution in [0.2, 0.25) is 5.82 Å². The topological polar surface area (TPSA) is 134 Å². The van der Waals surface area contributed by atoms with Gasteiger partial charge >= 0.3 is 13.1 Å². The second kappa shape index (κ2) is 6.36. The number of hydrogen-bond donors (Lipinski definition) is 4. The van der Waals surface area contributed by atoms with Gasteiger partial charge < -0.3 is 30.6 Å². The molecule has 3 aliphatic heterocycles. The van der Waals surface area contributed by atoms with Crippen molar-refractivity contribution in [3.05, 3.63) is 23.3 Å². The zero-order chi connectivity index (χ0) is 19.6. The van der Waals surface area contributed by atoms with E-state index < -0.39 is 13.1 Å². The number of carbonyl (C=O) groups excluding carboxylic acids is 1. The molecule has 0 unspecified atom stereocenters. The van der Waals surface area contributed by atoms with Crippen molar-refractivity contribution >= 4 is 19.0 Å². The molecule has 148 valence electrons. The lowest BCUT2D eigenvalue weighted by Crippen LogP contribution is -2.58. The van der Waals surface area contributed by atoms with Crippen LogP contribution in [0.15, 0.2) is 12.1 Å². The predicted molar refractivity (Wildman–Crippen MR) is 98.5 cm³/mol. The van der Waals surface area contributed by atoms with E-state index in [1.807, 2.05) is 6.07 Å². The highest BCUT2D eigenvalue weighted by molar-refractivity contribution is 6.48. The molecule has 4 aliphatic rings. The number of aromatic carboxylic acids is 1. The third kappa shape index (κ3) is 2.83. The lowest BCUT2D eigenvalue weighted by molar-refractivity contribution is -0.119. The number of benzene rings is 1. The molecule has 28 heavy (non-hydrogen) atoms. The Bertz CT molecular complexity index is 845. The largest absolute Gasteiger partial charge is 0.535 e. The van der Waals surface area contributed by atoms with Crippen molar-refractivity contribution in [1.82, 2.24) is 10.2 Å². The molecule has 1 saturated carbocycles. The van der Waals surface area contributed by atoms with Gasteiger partial charge in [0.1, 0.15) is 23.2 Å². The first kappa shape index (κ1) is 17.8. The highest BCUT2D eigenvalue weighted by Crippen LogP contribution is 2.60. The van der Waals surface area contributed by atoms with Crippen molar-refractivity contribution in [2.45, 2.75) is 42.8 Å². The average molecular weight is 387 g/mol. The Balaban J connectivity index is 1.28.